The number of aromatic hydroxyl groups is 2. The number of thioether (sulfide) groups is 1. The minimum absolute atomic E-state index is 0.0606. The molecule has 2 amide bonds. The Kier molecular flexibility index (Phi) is 8.23. The Balaban J connectivity index is 1.37. The number of aromatic nitrogens is 3. The minimum Gasteiger partial charge on any atom is -0.504 e. The number of nitrogens with two attached hydrogens (primary N) is 2. The number of carbonyl (C=O) groups is 4. The van der Waals surface area contributed by atoms with Crippen molar-refractivity contribution in [2.24, 2.45) is 5.16 Å². The largest absolute Gasteiger partial charge is 0.504 e. The molecule has 0 aliphatic carbocycles. The third kappa shape index (κ3) is 5.90. The minimum atomic E-state index is -1.81. The highest BCUT2D eigenvalue weighted by Gasteiger charge is 2.54. The van der Waals surface area contributed by atoms with Crippen molar-refractivity contribution in [1.29, 1.82) is 0 Å². The van der Waals surface area contributed by atoms with Gasteiger partial charge in [-0.05, 0) is 17.1 Å². The third-order valence-corrected chi connectivity index (χ3v) is 8.47. The van der Waals surface area contributed by atoms with Crippen LogP contribution in [0, 0.1) is 0 Å². The van der Waals surface area contributed by atoms with Crippen LogP contribution in [0.3, 0.4) is 0 Å². The molecule has 0 spiro atoms. The van der Waals surface area contributed by atoms with Gasteiger partial charge in [-0.1, -0.05) is 11.2 Å². The van der Waals surface area contributed by atoms with E-state index in [1.165, 1.54) is 29.5 Å². The van der Waals surface area contributed by atoms with E-state index >= 15 is 0 Å². The van der Waals surface area contributed by atoms with Gasteiger partial charge in [0, 0.05) is 28.3 Å². The van der Waals surface area contributed by atoms with Gasteiger partial charge in [0.15, 0.2) is 22.3 Å². The SMILES string of the molecule is Nc1cc[n+](CC2=C(C(=O)O)N3C(=O)[C@@H](NC(=O)/C(=N\O[C@@H](C(=O)O)c4ccc(O)c(O)c4)c4csc(N)n4)[C@H]3SC2)cn1. The molecular weight excluding hydrogens is 620 g/mol. The monoisotopic (exact) mass is 643 g/mol. The normalized spacial score (nSPS) is 18.7. The topological polar surface area (TPSA) is 268 Å². The van der Waals surface area contributed by atoms with Crippen molar-refractivity contribution >= 4 is 63.5 Å². The molecule has 2 aliphatic heterocycles. The van der Waals surface area contributed by atoms with Gasteiger partial charge in [0.2, 0.25) is 11.9 Å². The van der Waals surface area contributed by atoms with E-state index in [2.05, 4.69) is 20.4 Å². The first-order valence-electron chi connectivity index (χ1n) is 12.5. The number of oxime groups is 1. The van der Waals surface area contributed by atoms with Crippen molar-refractivity contribution in [3.8, 4) is 11.5 Å². The van der Waals surface area contributed by atoms with Gasteiger partial charge in [0.25, 0.3) is 18.1 Å². The summed E-state index contributed by atoms with van der Waals surface area (Å²) in [7, 11) is 0. The molecule has 19 heteroatoms. The molecule has 1 saturated heterocycles. The summed E-state index contributed by atoms with van der Waals surface area (Å²) in [5, 5.41) is 45.8. The van der Waals surface area contributed by atoms with Crippen LogP contribution in [0.1, 0.15) is 17.4 Å². The molecule has 0 radical (unpaired) electrons. The number of carboxylic acid groups (broad SMARTS) is 2. The number of carbonyl (C=O) groups excluding carboxylic acids is 2. The van der Waals surface area contributed by atoms with Crippen molar-refractivity contribution in [2.75, 3.05) is 17.2 Å². The standard InChI is InChI=1S/C25H22N8O9S2/c26-15-3-4-32(9-28-15)6-11-7-43-22-17(21(37)33(22)18(11)23(38)39)30-20(36)16(12-8-44-25(27)29-12)31-42-19(24(40)41)10-1-2-13(34)14(35)5-10/h1-5,8-9,17,19,22,26H,6-7H2,(H7,27,29,30,31,34,35,36,38,39,40,41)/p+1/t17-,19-,22-/m1/s1. The Morgan fingerprint density at radius 3 is 2.59 bits per heavy atom. The lowest BCUT2D eigenvalue weighted by Gasteiger charge is -2.49. The van der Waals surface area contributed by atoms with Crippen molar-refractivity contribution in [3.05, 3.63) is 64.7 Å². The Morgan fingerprint density at radius 1 is 1.20 bits per heavy atom. The number of nitrogens with zero attached hydrogens (tertiary/aromatic N) is 5. The van der Waals surface area contributed by atoms with Crippen LogP contribution in [0.5, 0.6) is 11.5 Å². The van der Waals surface area contributed by atoms with E-state index in [0.717, 1.165) is 28.4 Å². The molecule has 2 aliphatic rings. The molecule has 9 N–H and O–H groups in total. The Hall–Kier alpha value is -5.43. The number of phenols is 2. The van der Waals surface area contributed by atoms with Crippen LogP contribution >= 0.6 is 23.1 Å². The van der Waals surface area contributed by atoms with Crippen molar-refractivity contribution in [2.45, 2.75) is 24.1 Å². The zero-order chi connectivity index (χ0) is 31.7. The van der Waals surface area contributed by atoms with Crippen LogP contribution in [0.4, 0.5) is 10.9 Å². The fraction of sp³-hybridized carbons (Fsp3) is 0.200. The van der Waals surface area contributed by atoms with Gasteiger partial charge < -0.3 is 42.0 Å². The maximum Gasteiger partial charge on any atom is 0.352 e. The second-order valence-electron chi connectivity index (χ2n) is 9.36. The van der Waals surface area contributed by atoms with Crippen molar-refractivity contribution < 1.29 is 49.0 Å². The number of carboxylic acids is 2. The highest BCUT2D eigenvalue weighted by atomic mass is 32.2. The molecule has 44 heavy (non-hydrogen) atoms. The third-order valence-electron chi connectivity index (χ3n) is 6.46. The molecule has 1 aromatic carbocycles. The number of nitrogen functional groups attached to an aromatic ring is 2. The summed E-state index contributed by atoms with van der Waals surface area (Å²) in [6, 6.07) is 3.58. The fourth-order valence-corrected chi connectivity index (χ4v) is 6.26. The number of hydrogen-bond acceptors (Lipinski definition) is 14. The number of anilines is 2. The fourth-order valence-electron chi connectivity index (χ4n) is 4.38. The number of phenolic OH excluding ortho intramolecular Hbond substituents is 2. The first-order chi connectivity index (χ1) is 20.9. The summed E-state index contributed by atoms with van der Waals surface area (Å²) in [4.78, 5) is 64.9. The molecule has 17 nitrogen and oxygen atoms in total. The zero-order valence-corrected chi connectivity index (χ0v) is 23.9. The summed E-state index contributed by atoms with van der Waals surface area (Å²) in [5.74, 6) is -5.09. The number of rotatable bonds is 10. The Morgan fingerprint density at radius 2 is 1.98 bits per heavy atom. The lowest BCUT2D eigenvalue weighted by atomic mass is 10.0. The molecule has 0 unspecified atom stereocenters. The van der Waals surface area contributed by atoms with Gasteiger partial charge in [0.1, 0.15) is 29.4 Å². The van der Waals surface area contributed by atoms with Crippen molar-refractivity contribution in [1.82, 2.24) is 20.2 Å². The molecule has 3 atom stereocenters. The predicted octanol–water partition coefficient (Wildman–Crippen LogP) is -0.613. The molecule has 3 aromatic rings. The zero-order valence-electron chi connectivity index (χ0n) is 22.2. The molecule has 2 aromatic heterocycles. The number of amides is 2. The van der Waals surface area contributed by atoms with Crippen molar-refractivity contribution in [3.63, 3.8) is 0 Å². The number of nitrogens with one attached hydrogen (secondary N) is 1. The number of hydrogen-bond donors (Lipinski definition) is 7. The Bertz CT molecular complexity index is 1730. The number of benzene rings is 1. The molecule has 4 heterocycles. The highest BCUT2D eigenvalue weighted by Crippen LogP contribution is 2.40. The van der Waals surface area contributed by atoms with Crippen LogP contribution in [0.2, 0.25) is 0 Å². The quantitative estimate of drug-likeness (QED) is 0.0478. The van der Waals surface area contributed by atoms with Crippen LogP contribution < -0.4 is 21.4 Å². The van der Waals surface area contributed by atoms with Gasteiger partial charge in [-0.3, -0.25) is 14.5 Å². The van der Waals surface area contributed by atoms with E-state index < -0.39 is 58.5 Å². The summed E-state index contributed by atoms with van der Waals surface area (Å²) in [6.07, 6.45) is 1.25. The average Bonchev–Trinajstić information content (AvgIpc) is 3.41. The molecule has 0 saturated carbocycles. The van der Waals surface area contributed by atoms with E-state index in [-0.39, 0.29) is 40.2 Å². The number of fused-ring (bicyclic) bond motifs is 1. The number of aliphatic carboxylic acids is 2. The van der Waals surface area contributed by atoms with Gasteiger partial charge >= 0.3 is 11.9 Å². The molecular formula is C25H23N8O9S2+. The van der Waals surface area contributed by atoms with Gasteiger partial charge in [-0.2, -0.15) is 0 Å². The molecule has 0 bridgehead atoms. The maximum atomic E-state index is 13.4. The van der Waals surface area contributed by atoms with Crippen LogP contribution in [-0.2, 0) is 30.6 Å². The van der Waals surface area contributed by atoms with Crippen LogP contribution in [0.15, 0.2) is 58.6 Å². The average molecular weight is 644 g/mol. The van der Waals surface area contributed by atoms with E-state index in [0.29, 0.717) is 5.57 Å². The first-order valence-corrected chi connectivity index (χ1v) is 14.4. The second-order valence-corrected chi connectivity index (χ2v) is 11.4. The molecule has 228 valence electrons. The van der Waals surface area contributed by atoms with E-state index in [4.69, 9.17) is 16.3 Å². The first kappa shape index (κ1) is 30.0. The van der Waals surface area contributed by atoms with Gasteiger partial charge in [-0.25, -0.2) is 19.1 Å². The molecule has 1 fully saturated rings. The maximum absolute atomic E-state index is 13.4. The summed E-state index contributed by atoms with van der Waals surface area (Å²) >= 11 is 2.20. The van der Waals surface area contributed by atoms with Crippen LogP contribution in [0.25, 0.3) is 0 Å². The summed E-state index contributed by atoms with van der Waals surface area (Å²) in [5.41, 5.74) is 10.9. The van der Waals surface area contributed by atoms with Crippen LogP contribution in [-0.4, -0.2) is 81.9 Å². The smallest absolute Gasteiger partial charge is 0.352 e. The highest BCUT2D eigenvalue weighted by molar-refractivity contribution is 8.00. The Labute approximate surface area is 255 Å². The van der Waals surface area contributed by atoms with Gasteiger partial charge in [0.05, 0.1) is 6.20 Å². The van der Waals surface area contributed by atoms with E-state index in [9.17, 15) is 39.6 Å². The lowest BCUT2D eigenvalue weighted by Crippen LogP contribution is -2.71. The van der Waals surface area contributed by atoms with E-state index in [1.807, 2.05) is 0 Å². The number of thiazole rings is 1. The predicted molar refractivity (Wildman–Crippen MR) is 153 cm³/mol. The summed E-state index contributed by atoms with van der Waals surface area (Å²) < 4.78 is 1.62. The van der Waals surface area contributed by atoms with E-state index in [1.54, 1.807) is 16.8 Å². The lowest BCUT2D eigenvalue weighted by molar-refractivity contribution is -0.691. The number of β-lactam (4-membered cyclic amide) rings is 1. The summed E-state index contributed by atoms with van der Waals surface area (Å²) in [6.45, 7) is 0.137. The molecule has 5 rings (SSSR count). The van der Waals surface area contributed by atoms with Gasteiger partial charge in [-0.15, -0.1) is 23.1 Å². The second kappa shape index (κ2) is 12.1.